The molecule has 2 rings (SSSR count). The van der Waals surface area contributed by atoms with Gasteiger partial charge in [0.15, 0.2) is 0 Å². The molecule has 0 spiro atoms. The summed E-state index contributed by atoms with van der Waals surface area (Å²) in [6, 6.07) is 10.5. The van der Waals surface area contributed by atoms with E-state index in [1.165, 1.54) is 32.6 Å². The molecule has 0 aliphatic carbocycles. The largest absolute Gasteiger partial charge is 0.490 e. The zero-order chi connectivity index (χ0) is 17.0. The molecule has 0 saturated carbocycles. The molecule has 0 bridgehead atoms. The van der Waals surface area contributed by atoms with Crippen LogP contribution < -0.4 is 4.74 Å². The minimum absolute atomic E-state index is 0.230. The minimum atomic E-state index is -0.643. The van der Waals surface area contributed by atoms with E-state index in [0.717, 1.165) is 11.3 Å². The zero-order valence-corrected chi connectivity index (χ0v) is 15.0. The van der Waals surface area contributed by atoms with E-state index in [-0.39, 0.29) is 6.61 Å². The molecule has 2 aromatic carbocycles. The van der Waals surface area contributed by atoms with E-state index in [0.29, 0.717) is 0 Å². The highest BCUT2D eigenvalue weighted by Crippen LogP contribution is 2.38. The molecule has 0 radical (unpaired) electrons. The van der Waals surface area contributed by atoms with E-state index in [1.807, 2.05) is 0 Å². The average Bonchev–Trinajstić information content (AvgIpc) is 2.54. The Bertz CT molecular complexity index is 707. The quantitative estimate of drug-likeness (QED) is 0.757. The Morgan fingerprint density at radius 1 is 1.13 bits per heavy atom. The van der Waals surface area contributed by atoms with Crippen LogP contribution in [0, 0.1) is 27.7 Å². The first kappa shape index (κ1) is 17.6. The normalized spacial score (nSPS) is 12.0. The van der Waals surface area contributed by atoms with Gasteiger partial charge in [0.2, 0.25) is 0 Å². The Balaban J connectivity index is 2.30. The summed E-state index contributed by atoms with van der Waals surface area (Å²) < 4.78 is 5.75. The number of rotatable bonds is 6. The van der Waals surface area contributed by atoms with Gasteiger partial charge in [-0.15, -0.1) is 6.58 Å². The first-order valence-corrected chi connectivity index (χ1v) is 8.53. The maximum Gasteiger partial charge on any atom is 0.122 e. The highest BCUT2D eigenvalue weighted by molar-refractivity contribution is 7.99. The second kappa shape index (κ2) is 7.71. The molecule has 2 nitrogen and oxygen atoms in total. The third-order valence-electron chi connectivity index (χ3n) is 3.97. The number of aryl methyl sites for hydroxylation is 2. The van der Waals surface area contributed by atoms with Crippen molar-refractivity contribution in [3.63, 3.8) is 0 Å². The van der Waals surface area contributed by atoms with Crippen molar-refractivity contribution in [2.45, 2.75) is 43.6 Å². The molecule has 0 fully saturated rings. The minimum Gasteiger partial charge on any atom is -0.490 e. The molecule has 3 heteroatoms. The third kappa shape index (κ3) is 4.18. The summed E-state index contributed by atoms with van der Waals surface area (Å²) in [6.45, 7) is 12.2. The van der Waals surface area contributed by atoms with Gasteiger partial charge in [-0.3, -0.25) is 0 Å². The topological polar surface area (TPSA) is 29.5 Å². The lowest BCUT2D eigenvalue weighted by molar-refractivity contribution is 0.144. The van der Waals surface area contributed by atoms with Crippen LogP contribution in [0.3, 0.4) is 0 Å². The van der Waals surface area contributed by atoms with Gasteiger partial charge in [0.05, 0.1) is 0 Å². The Morgan fingerprint density at radius 2 is 1.83 bits per heavy atom. The van der Waals surface area contributed by atoms with E-state index in [1.54, 1.807) is 11.8 Å². The zero-order valence-electron chi connectivity index (χ0n) is 14.2. The van der Waals surface area contributed by atoms with Crippen molar-refractivity contribution < 1.29 is 9.84 Å². The fourth-order valence-electron chi connectivity index (χ4n) is 2.35. The van der Waals surface area contributed by atoms with E-state index >= 15 is 0 Å². The fraction of sp³-hybridized carbons (Fsp3) is 0.300. The Hall–Kier alpha value is -1.71. The smallest absolute Gasteiger partial charge is 0.122 e. The predicted molar refractivity (Wildman–Crippen MR) is 97.7 cm³/mol. The summed E-state index contributed by atoms with van der Waals surface area (Å²) in [6.07, 6.45) is 0.841. The molecule has 0 heterocycles. The van der Waals surface area contributed by atoms with Crippen molar-refractivity contribution in [3.05, 3.63) is 65.2 Å². The molecule has 1 N–H and O–H groups in total. The van der Waals surface area contributed by atoms with Crippen LogP contribution in [0.4, 0.5) is 0 Å². The molecule has 0 aromatic heterocycles. The van der Waals surface area contributed by atoms with Crippen molar-refractivity contribution in [1.82, 2.24) is 0 Å². The summed E-state index contributed by atoms with van der Waals surface area (Å²) in [5, 5.41) is 9.58. The van der Waals surface area contributed by atoms with E-state index < -0.39 is 6.10 Å². The van der Waals surface area contributed by atoms with Crippen LogP contribution in [0.5, 0.6) is 5.75 Å². The van der Waals surface area contributed by atoms with Crippen LogP contribution in [0.15, 0.2) is 52.8 Å². The van der Waals surface area contributed by atoms with Crippen molar-refractivity contribution in [1.29, 1.82) is 0 Å². The molecule has 122 valence electrons. The summed E-state index contributed by atoms with van der Waals surface area (Å²) in [5.74, 6) is 0.829. The van der Waals surface area contributed by atoms with Crippen LogP contribution >= 0.6 is 11.8 Å². The molecule has 1 atom stereocenters. The Kier molecular flexibility index (Phi) is 5.91. The Labute approximate surface area is 143 Å². The molecule has 23 heavy (non-hydrogen) atoms. The average molecular weight is 328 g/mol. The number of hydrogen-bond donors (Lipinski definition) is 1. The molecular formula is C20H24O2S. The lowest BCUT2D eigenvalue weighted by atomic mass is 10.1. The van der Waals surface area contributed by atoms with Crippen molar-refractivity contribution in [2.75, 3.05) is 6.61 Å². The second-order valence-electron chi connectivity index (χ2n) is 5.75. The van der Waals surface area contributed by atoms with Crippen molar-refractivity contribution in [2.24, 2.45) is 0 Å². The van der Waals surface area contributed by atoms with Gasteiger partial charge in [-0.05, 0) is 62.1 Å². The van der Waals surface area contributed by atoms with Gasteiger partial charge in [0, 0.05) is 9.79 Å². The number of aliphatic hydroxyl groups excluding tert-OH is 1. The molecular weight excluding hydrogens is 304 g/mol. The third-order valence-corrected chi connectivity index (χ3v) is 5.48. The fourth-order valence-corrected chi connectivity index (χ4v) is 3.47. The summed E-state index contributed by atoms with van der Waals surface area (Å²) in [4.78, 5) is 2.54. The van der Waals surface area contributed by atoms with E-state index in [2.05, 4.69) is 64.6 Å². The number of aliphatic hydroxyl groups is 1. The van der Waals surface area contributed by atoms with Gasteiger partial charge in [-0.25, -0.2) is 0 Å². The molecule has 1 unspecified atom stereocenters. The SMILES string of the molecule is C=CC(O)COc1cc(C)c(Sc2ccccc2C)c(C)c1C. The molecule has 0 aliphatic heterocycles. The van der Waals surface area contributed by atoms with E-state index in [4.69, 9.17) is 4.74 Å². The van der Waals surface area contributed by atoms with Gasteiger partial charge in [0.25, 0.3) is 0 Å². The monoisotopic (exact) mass is 328 g/mol. The maximum atomic E-state index is 9.58. The van der Waals surface area contributed by atoms with Crippen LogP contribution in [-0.4, -0.2) is 17.8 Å². The molecule has 0 saturated heterocycles. The van der Waals surface area contributed by atoms with Crippen LogP contribution in [0.2, 0.25) is 0 Å². The van der Waals surface area contributed by atoms with Gasteiger partial charge < -0.3 is 9.84 Å². The van der Waals surface area contributed by atoms with E-state index in [9.17, 15) is 5.11 Å². The van der Waals surface area contributed by atoms with Gasteiger partial charge in [-0.2, -0.15) is 0 Å². The van der Waals surface area contributed by atoms with Crippen LogP contribution in [0.1, 0.15) is 22.3 Å². The van der Waals surface area contributed by atoms with Crippen molar-refractivity contribution in [3.8, 4) is 5.75 Å². The lowest BCUT2D eigenvalue weighted by Gasteiger charge is -2.18. The molecule has 2 aromatic rings. The maximum absolute atomic E-state index is 9.58. The second-order valence-corrected chi connectivity index (χ2v) is 6.80. The van der Waals surface area contributed by atoms with Gasteiger partial charge >= 0.3 is 0 Å². The standard InChI is InChI=1S/C20H24O2S/c1-6-17(21)12-22-18-11-14(3)20(16(5)15(18)4)23-19-10-8-7-9-13(19)2/h6-11,17,21H,1,12H2,2-5H3. The number of ether oxygens (including phenoxy) is 1. The van der Waals surface area contributed by atoms with Crippen LogP contribution in [0.25, 0.3) is 0 Å². The number of hydrogen-bond acceptors (Lipinski definition) is 3. The highest BCUT2D eigenvalue weighted by atomic mass is 32.2. The molecule has 0 aliphatic rings. The lowest BCUT2D eigenvalue weighted by Crippen LogP contribution is -2.15. The van der Waals surface area contributed by atoms with Gasteiger partial charge in [-0.1, -0.05) is 36.0 Å². The Morgan fingerprint density at radius 3 is 2.48 bits per heavy atom. The van der Waals surface area contributed by atoms with Crippen LogP contribution in [-0.2, 0) is 0 Å². The summed E-state index contributed by atoms with van der Waals surface area (Å²) in [7, 11) is 0. The summed E-state index contributed by atoms with van der Waals surface area (Å²) in [5.41, 5.74) is 4.80. The first-order valence-electron chi connectivity index (χ1n) is 7.71. The van der Waals surface area contributed by atoms with Gasteiger partial charge in [0.1, 0.15) is 18.5 Å². The summed E-state index contributed by atoms with van der Waals surface area (Å²) >= 11 is 1.80. The first-order chi connectivity index (χ1) is 10.9. The highest BCUT2D eigenvalue weighted by Gasteiger charge is 2.14. The molecule has 0 amide bonds. The van der Waals surface area contributed by atoms with Crippen molar-refractivity contribution >= 4 is 11.8 Å². The predicted octanol–water partition coefficient (Wildman–Crippen LogP) is 5.00. The number of benzene rings is 2.